The van der Waals surface area contributed by atoms with Crippen molar-refractivity contribution in [2.45, 2.75) is 58.5 Å². The zero-order valence-corrected chi connectivity index (χ0v) is 13.2. The first-order chi connectivity index (χ1) is 8.49. The highest BCUT2D eigenvalue weighted by atomic mass is 32.2. The van der Waals surface area contributed by atoms with Gasteiger partial charge in [-0.3, -0.25) is 0 Å². The average Bonchev–Trinajstić information content (AvgIpc) is 2.28. The Morgan fingerprint density at radius 3 is 2.44 bits per heavy atom. The van der Waals surface area contributed by atoms with Crippen LogP contribution in [0.5, 0.6) is 0 Å². The number of rotatable bonds is 7. The third-order valence-electron chi connectivity index (χ3n) is 2.91. The Morgan fingerprint density at radius 2 is 1.89 bits per heavy atom. The topological polar surface area (TPSA) is 12.0 Å². The van der Waals surface area contributed by atoms with Gasteiger partial charge in [0, 0.05) is 17.5 Å². The van der Waals surface area contributed by atoms with Gasteiger partial charge in [-0.1, -0.05) is 39.8 Å². The van der Waals surface area contributed by atoms with Crippen LogP contribution in [-0.2, 0) is 6.54 Å². The monoisotopic (exact) mass is 265 g/mol. The molecule has 0 heterocycles. The van der Waals surface area contributed by atoms with Crippen molar-refractivity contribution in [1.29, 1.82) is 0 Å². The summed E-state index contributed by atoms with van der Waals surface area (Å²) >= 11 is 1.99. The Morgan fingerprint density at radius 1 is 1.17 bits per heavy atom. The Labute approximate surface area is 117 Å². The van der Waals surface area contributed by atoms with Gasteiger partial charge in [-0.15, -0.1) is 11.8 Å². The molecule has 0 aliphatic carbocycles. The second-order valence-electron chi connectivity index (χ2n) is 5.67. The van der Waals surface area contributed by atoms with Crippen LogP contribution in [0.2, 0.25) is 0 Å². The molecule has 0 unspecified atom stereocenters. The summed E-state index contributed by atoms with van der Waals surface area (Å²) in [6, 6.07) is 7.38. The average molecular weight is 265 g/mol. The molecule has 0 aliphatic rings. The van der Waals surface area contributed by atoms with Crippen LogP contribution in [0.4, 0.5) is 0 Å². The quantitative estimate of drug-likeness (QED) is 0.721. The molecule has 2 heteroatoms. The number of benzene rings is 1. The second-order valence-corrected chi connectivity index (χ2v) is 6.80. The Bertz CT molecular complexity index is 358. The Kier molecular flexibility index (Phi) is 6.80. The molecule has 102 valence electrons. The maximum Gasteiger partial charge on any atom is 0.0207 e. The Balaban J connectivity index is 2.51. The third-order valence-corrected chi connectivity index (χ3v) is 4.12. The number of aryl methyl sites for hydroxylation is 1. The van der Waals surface area contributed by atoms with Gasteiger partial charge in [-0.2, -0.15) is 0 Å². The van der Waals surface area contributed by atoms with Crippen LogP contribution in [0.3, 0.4) is 0 Å². The van der Waals surface area contributed by atoms with Crippen LogP contribution in [0.15, 0.2) is 23.1 Å². The van der Waals surface area contributed by atoms with E-state index in [1.54, 1.807) is 0 Å². The van der Waals surface area contributed by atoms with Gasteiger partial charge in [0.1, 0.15) is 0 Å². The lowest BCUT2D eigenvalue weighted by Gasteiger charge is -2.11. The van der Waals surface area contributed by atoms with E-state index in [1.807, 2.05) is 11.8 Å². The number of nitrogens with one attached hydrogen (secondary N) is 1. The van der Waals surface area contributed by atoms with Crippen molar-refractivity contribution in [1.82, 2.24) is 5.32 Å². The zero-order chi connectivity index (χ0) is 13.5. The van der Waals surface area contributed by atoms with Crippen LogP contribution in [0.25, 0.3) is 0 Å². The van der Waals surface area contributed by atoms with Crippen molar-refractivity contribution in [3.63, 3.8) is 0 Å². The van der Waals surface area contributed by atoms with Crippen LogP contribution in [0, 0.1) is 12.8 Å². The normalized spacial score (nSPS) is 11.5. The van der Waals surface area contributed by atoms with Crippen LogP contribution >= 0.6 is 11.8 Å². The summed E-state index contributed by atoms with van der Waals surface area (Å²) in [5.74, 6) is 2.02. The van der Waals surface area contributed by atoms with Crippen molar-refractivity contribution < 1.29 is 0 Å². The lowest BCUT2D eigenvalue weighted by molar-refractivity contribution is 0.588. The molecule has 1 N–H and O–H groups in total. The number of thioether (sulfide) groups is 1. The first kappa shape index (κ1) is 15.6. The molecule has 0 radical (unpaired) electrons. The summed E-state index contributed by atoms with van der Waals surface area (Å²) in [5, 5.41) is 3.46. The lowest BCUT2D eigenvalue weighted by atomic mass is 10.1. The van der Waals surface area contributed by atoms with Crippen LogP contribution < -0.4 is 5.32 Å². The number of hydrogen-bond acceptors (Lipinski definition) is 2. The van der Waals surface area contributed by atoms with Gasteiger partial charge in [-0.25, -0.2) is 0 Å². The summed E-state index contributed by atoms with van der Waals surface area (Å²) in [5.41, 5.74) is 2.79. The van der Waals surface area contributed by atoms with E-state index >= 15 is 0 Å². The summed E-state index contributed by atoms with van der Waals surface area (Å²) in [6.07, 6.45) is 1.29. The molecule has 0 aromatic heterocycles. The second kappa shape index (κ2) is 7.85. The van der Waals surface area contributed by atoms with Crippen LogP contribution in [0.1, 0.15) is 45.2 Å². The van der Waals surface area contributed by atoms with Gasteiger partial charge in [0.15, 0.2) is 0 Å². The molecular weight excluding hydrogens is 238 g/mol. The summed E-state index contributed by atoms with van der Waals surface area (Å²) < 4.78 is 0. The van der Waals surface area contributed by atoms with E-state index in [2.05, 4.69) is 58.1 Å². The van der Waals surface area contributed by atoms with Gasteiger partial charge in [0.2, 0.25) is 0 Å². The molecule has 0 saturated carbocycles. The SMILES string of the molecule is Cc1cc(CNC(C)C)ccc1SCCC(C)C. The third kappa shape index (κ3) is 5.92. The lowest BCUT2D eigenvalue weighted by Crippen LogP contribution is -2.21. The smallest absolute Gasteiger partial charge is 0.0207 e. The molecule has 0 amide bonds. The van der Waals surface area contributed by atoms with E-state index in [4.69, 9.17) is 0 Å². The van der Waals surface area contributed by atoms with Gasteiger partial charge in [-0.05, 0) is 42.2 Å². The molecule has 0 aliphatic heterocycles. The van der Waals surface area contributed by atoms with Gasteiger partial charge >= 0.3 is 0 Å². The molecule has 0 saturated heterocycles. The van der Waals surface area contributed by atoms with E-state index < -0.39 is 0 Å². The standard InChI is InChI=1S/C16H27NS/c1-12(2)8-9-18-16-7-6-15(10-14(16)5)11-17-13(3)4/h6-7,10,12-13,17H,8-9,11H2,1-5H3. The van der Waals surface area contributed by atoms with E-state index in [9.17, 15) is 0 Å². The highest BCUT2D eigenvalue weighted by Gasteiger charge is 2.02. The van der Waals surface area contributed by atoms with Crippen molar-refractivity contribution in [3.05, 3.63) is 29.3 Å². The maximum atomic E-state index is 3.46. The minimum atomic E-state index is 0.547. The summed E-state index contributed by atoms with van der Waals surface area (Å²) in [7, 11) is 0. The van der Waals surface area contributed by atoms with Crippen molar-refractivity contribution >= 4 is 11.8 Å². The van der Waals surface area contributed by atoms with Gasteiger partial charge in [0.05, 0.1) is 0 Å². The molecule has 1 aromatic carbocycles. The molecule has 0 spiro atoms. The first-order valence-corrected chi connectivity index (χ1v) is 7.93. The molecular formula is C16H27NS. The molecule has 18 heavy (non-hydrogen) atoms. The maximum absolute atomic E-state index is 3.46. The minimum Gasteiger partial charge on any atom is -0.310 e. The van der Waals surface area contributed by atoms with Crippen LogP contribution in [-0.4, -0.2) is 11.8 Å². The van der Waals surface area contributed by atoms with E-state index in [-0.39, 0.29) is 0 Å². The van der Waals surface area contributed by atoms with E-state index in [0.29, 0.717) is 6.04 Å². The minimum absolute atomic E-state index is 0.547. The largest absolute Gasteiger partial charge is 0.310 e. The summed E-state index contributed by atoms with van der Waals surface area (Å²) in [6.45, 7) is 12.1. The fraction of sp³-hybridized carbons (Fsp3) is 0.625. The molecule has 1 nitrogen and oxygen atoms in total. The predicted octanol–water partition coefficient (Wildman–Crippen LogP) is 4.63. The fourth-order valence-corrected chi connectivity index (χ4v) is 2.97. The predicted molar refractivity (Wildman–Crippen MR) is 83.3 cm³/mol. The highest BCUT2D eigenvalue weighted by molar-refractivity contribution is 7.99. The molecule has 1 aromatic rings. The van der Waals surface area contributed by atoms with Gasteiger partial charge in [0.25, 0.3) is 0 Å². The van der Waals surface area contributed by atoms with Crippen molar-refractivity contribution in [2.75, 3.05) is 5.75 Å². The van der Waals surface area contributed by atoms with Gasteiger partial charge < -0.3 is 5.32 Å². The number of hydrogen-bond donors (Lipinski definition) is 1. The zero-order valence-electron chi connectivity index (χ0n) is 12.4. The van der Waals surface area contributed by atoms with Crippen molar-refractivity contribution in [3.8, 4) is 0 Å². The molecule has 0 fully saturated rings. The Hall–Kier alpha value is -0.470. The molecule has 0 bridgehead atoms. The van der Waals surface area contributed by atoms with Crippen molar-refractivity contribution in [2.24, 2.45) is 5.92 Å². The first-order valence-electron chi connectivity index (χ1n) is 6.94. The highest BCUT2D eigenvalue weighted by Crippen LogP contribution is 2.25. The fourth-order valence-electron chi connectivity index (χ4n) is 1.71. The molecule has 1 rings (SSSR count). The summed E-state index contributed by atoms with van der Waals surface area (Å²) in [4.78, 5) is 1.43. The van der Waals surface area contributed by atoms with E-state index in [0.717, 1.165) is 12.5 Å². The molecule has 0 atom stereocenters. The van der Waals surface area contributed by atoms with E-state index in [1.165, 1.54) is 28.2 Å².